The molecule has 108 valence electrons. The summed E-state index contributed by atoms with van der Waals surface area (Å²) in [6.45, 7) is 3.70. The minimum Gasteiger partial charge on any atom is -0.376 e. The Morgan fingerprint density at radius 1 is 1.50 bits per heavy atom. The Hall–Kier alpha value is -0.330. The van der Waals surface area contributed by atoms with E-state index in [9.17, 15) is 0 Å². The third kappa shape index (κ3) is 2.97. The van der Waals surface area contributed by atoms with E-state index in [0.29, 0.717) is 0 Å². The lowest BCUT2D eigenvalue weighted by molar-refractivity contribution is 0.00619. The molecule has 2 heterocycles. The molecule has 0 bridgehead atoms. The summed E-state index contributed by atoms with van der Waals surface area (Å²) in [6, 6.07) is 6.36. The topological polar surface area (TPSA) is 27.1 Å². The van der Waals surface area contributed by atoms with E-state index in [1.54, 1.807) is 0 Å². The molecular formula is C15H18ClIN2O. The van der Waals surface area contributed by atoms with E-state index in [1.165, 1.54) is 16.4 Å². The van der Waals surface area contributed by atoms with Crippen LogP contribution in [0.3, 0.4) is 0 Å². The molecule has 0 saturated carbocycles. The van der Waals surface area contributed by atoms with Crippen molar-refractivity contribution in [3.8, 4) is 0 Å². The number of hydrogen-bond acceptors (Lipinski definition) is 2. The summed E-state index contributed by atoms with van der Waals surface area (Å²) in [4.78, 5) is 4.71. The molecular weight excluding hydrogens is 387 g/mol. The first-order valence-electron chi connectivity index (χ1n) is 7.06. The molecule has 5 heteroatoms. The average molecular weight is 405 g/mol. The van der Waals surface area contributed by atoms with Crippen LogP contribution < -0.4 is 0 Å². The second-order valence-electron chi connectivity index (χ2n) is 5.32. The van der Waals surface area contributed by atoms with Crippen LogP contribution in [0.2, 0.25) is 0 Å². The van der Waals surface area contributed by atoms with Crippen LogP contribution in [0.15, 0.2) is 18.2 Å². The van der Waals surface area contributed by atoms with Crippen molar-refractivity contribution in [3.63, 3.8) is 0 Å². The van der Waals surface area contributed by atoms with Gasteiger partial charge in [-0.2, -0.15) is 0 Å². The highest BCUT2D eigenvalue weighted by atomic mass is 127. The second-order valence-corrected chi connectivity index (χ2v) is 7.22. The Bertz CT molecular complexity index is 605. The molecule has 2 atom stereocenters. The summed E-state index contributed by atoms with van der Waals surface area (Å²) >= 11 is 8.63. The number of hydrogen-bond donors (Lipinski definition) is 0. The van der Waals surface area contributed by atoms with E-state index in [-0.39, 0.29) is 11.5 Å². The van der Waals surface area contributed by atoms with Crippen molar-refractivity contribution in [2.45, 2.75) is 44.2 Å². The summed E-state index contributed by atoms with van der Waals surface area (Å²) in [5.74, 6) is 0.942. The summed E-state index contributed by atoms with van der Waals surface area (Å²) in [7, 11) is 0. The maximum Gasteiger partial charge on any atom is 0.127 e. The minimum atomic E-state index is -0.0938. The zero-order valence-electron chi connectivity index (χ0n) is 11.5. The number of rotatable bonds is 3. The maximum absolute atomic E-state index is 6.31. The van der Waals surface area contributed by atoms with E-state index in [4.69, 9.17) is 21.3 Å². The fraction of sp³-hybridized carbons (Fsp3) is 0.533. The van der Waals surface area contributed by atoms with Gasteiger partial charge in [-0.3, -0.25) is 0 Å². The molecule has 20 heavy (non-hydrogen) atoms. The highest BCUT2D eigenvalue weighted by molar-refractivity contribution is 14.1. The third-order valence-corrected chi connectivity index (χ3v) is 4.62. The first-order valence-corrected chi connectivity index (χ1v) is 8.58. The summed E-state index contributed by atoms with van der Waals surface area (Å²) < 4.78 is 9.30. The Morgan fingerprint density at radius 3 is 3.05 bits per heavy atom. The van der Waals surface area contributed by atoms with Crippen molar-refractivity contribution in [2.24, 2.45) is 0 Å². The van der Waals surface area contributed by atoms with Gasteiger partial charge in [-0.1, -0.05) is 0 Å². The monoisotopic (exact) mass is 404 g/mol. The van der Waals surface area contributed by atoms with Gasteiger partial charge in [0.15, 0.2) is 0 Å². The molecule has 1 aliphatic heterocycles. The van der Waals surface area contributed by atoms with Gasteiger partial charge in [0.2, 0.25) is 0 Å². The van der Waals surface area contributed by atoms with E-state index in [0.717, 1.165) is 36.4 Å². The number of ether oxygens (including phenoxy) is 1. The van der Waals surface area contributed by atoms with E-state index < -0.39 is 0 Å². The van der Waals surface area contributed by atoms with Crippen LogP contribution in [0.1, 0.15) is 37.4 Å². The molecule has 1 fully saturated rings. The van der Waals surface area contributed by atoms with E-state index >= 15 is 0 Å². The molecule has 1 aliphatic rings. The highest BCUT2D eigenvalue weighted by Crippen LogP contribution is 2.27. The van der Waals surface area contributed by atoms with Crippen molar-refractivity contribution in [2.75, 3.05) is 6.61 Å². The molecule has 3 rings (SSSR count). The minimum absolute atomic E-state index is 0.0938. The Morgan fingerprint density at radius 2 is 2.35 bits per heavy atom. The molecule has 2 aromatic rings. The van der Waals surface area contributed by atoms with Crippen molar-refractivity contribution in [1.29, 1.82) is 0 Å². The average Bonchev–Trinajstić information content (AvgIpc) is 2.78. The first kappa shape index (κ1) is 14.6. The van der Waals surface area contributed by atoms with Gasteiger partial charge in [0, 0.05) is 10.2 Å². The van der Waals surface area contributed by atoms with E-state index in [2.05, 4.69) is 45.4 Å². The van der Waals surface area contributed by atoms with E-state index in [1.807, 2.05) is 6.92 Å². The van der Waals surface area contributed by atoms with Crippen LogP contribution in [0, 0.1) is 3.57 Å². The van der Waals surface area contributed by atoms with Crippen LogP contribution in [0.25, 0.3) is 11.0 Å². The zero-order valence-corrected chi connectivity index (χ0v) is 14.4. The summed E-state index contributed by atoms with van der Waals surface area (Å²) in [5.41, 5.74) is 2.18. The third-order valence-electron chi connectivity index (χ3n) is 3.76. The molecule has 1 aromatic carbocycles. The van der Waals surface area contributed by atoms with Gasteiger partial charge in [0.25, 0.3) is 0 Å². The van der Waals surface area contributed by atoms with Crippen LogP contribution in [0.4, 0.5) is 0 Å². The molecule has 0 N–H and O–H groups in total. The predicted molar refractivity (Wildman–Crippen MR) is 90.3 cm³/mol. The van der Waals surface area contributed by atoms with Gasteiger partial charge < -0.3 is 9.30 Å². The highest BCUT2D eigenvalue weighted by Gasteiger charge is 2.20. The molecule has 2 unspecified atom stereocenters. The lowest BCUT2D eigenvalue weighted by Gasteiger charge is -2.24. The van der Waals surface area contributed by atoms with Crippen molar-refractivity contribution >= 4 is 45.2 Å². The molecule has 3 nitrogen and oxygen atoms in total. The van der Waals surface area contributed by atoms with Gasteiger partial charge in [0.1, 0.15) is 5.82 Å². The first-order chi connectivity index (χ1) is 9.65. The number of benzene rings is 1. The van der Waals surface area contributed by atoms with Crippen LogP contribution >= 0.6 is 34.2 Å². The lowest BCUT2D eigenvalue weighted by Crippen LogP contribution is -2.25. The molecule has 1 aromatic heterocycles. The Kier molecular flexibility index (Phi) is 4.52. The SMILES string of the molecule is CC(Cl)c1nc2cc(I)ccc2n1CC1CCCCO1. The van der Waals surface area contributed by atoms with Crippen LogP contribution in [-0.4, -0.2) is 22.3 Å². The van der Waals surface area contributed by atoms with Crippen LogP contribution in [-0.2, 0) is 11.3 Å². The number of nitrogens with zero attached hydrogens (tertiary/aromatic N) is 2. The van der Waals surface area contributed by atoms with Crippen molar-refractivity contribution in [3.05, 3.63) is 27.6 Å². The Labute approximate surface area is 137 Å². The zero-order chi connectivity index (χ0) is 14.1. The normalized spacial score (nSPS) is 21.2. The number of aromatic nitrogens is 2. The fourth-order valence-electron chi connectivity index (χ4n) is 2.77. The largest absolute Gasteiger partial charge is 0.376 e. The molecule has 0 radical (unpaired) electrons. The van der Waals surface area contributed by atoms with Gasteiger partial charge in [-0.25, -0.2) is 4.98 Å². The fourth-order valence-corrected chi connectivity index (χ4v) is 3.41. The number of halogens is 2. The maximum atomic E-state index is 6.31. The number of alkyl halides is 1. The quantitative estimate of drug-likeness (QED) is 0.556. The summed E-state index contributed by atoms with van der Waals surface area (Å²) in [5, 5.41) is -0.0938. The van der Waals surface area contributed by atoms with Gasteiger partial charge >= 0.3 is 0 Å². The van der Waals surface area contributed by atoms with Gasteiger partial charge in [-0.05, 0) is 67.0 Å². The Balaban J connectivity index is 1.99. The van der Waals surface area contributed by atoms with Crippen LogP contribution in [0.5, 0.6) is 0 Å². The van der Waals surface area contributed by atoms with Gasteiger partial charge in [-0.15, -0.1) is 11.6 Å². The molecule has 0 spiro atoms. The smallest absolute Gasteiger partial charge is 0.127 e. The van der Waals surface area contributed by atoms with Gasteiger partial charge in [0.05, 0.1) is 29.1 Å². The molecule has 1 saturated heterocycles. The standard InChI is InChI=1S/C15H18ClIN2O/c1-10(16)15-18-13-8-11(17)5-6-14(13)19(15)9-12-4-2-3-7-20-12/h5-6,8,10,12H,2-4,7,9H2,1H3. The number of fused-ring (bicyclic) bond motifs is 1. The molecule has 0 amide bonds. The summed E-state index contributed by atoms with van der Waals surface area (Å²) in [6.07, 6.45) is 3.84. The lowest BCUT2D eigenvalue weighted by atomic mass is 10.1. The van der Waals surface area contributed by atoms with Crippen molar-refractivity contribution in [1.82, 2.24) is 9.55 Å². The second kappa shape index (κ2) is 6.20. The predicted octanol–water partition coefficient (Wildman–Crippen LogP) is 4.51. The molecule has 0 aliphatic carbocycles. The number of imidazole rings is 1. The van der Waals surface area contributed by atoms with Crippen molar-refractivity contribution < 1.29 is 4.74 Å².